The molecule has 0 radical (unpaired) electrons. The molecule has 0 bridgehead atoms. The molecule has 1 aliphatic rings. The Morgan fingerprint density at radius 3 is 2.82 bits per heavy atom. The van der Waals surface area contributed by atoms with Gasteiger partial charge in [-0.3, -0.25) is 9.78 Å². The van der Waals surface area contributed by atoms with E-state index in [1.165, 1.54) is 18.4 Å². The summed E-state index contributed by atoms with van der Waals surface area (Å²) in [5.74, 6) is 1.68. The van der Waals surface area contributed by atoms with Crippen LogP contribution in [0.2, 0.25) is 0 Å². The number of methoxy groups -OCH3 is 1. The summed E-state index contributed by atoms with van der Waals surface area (Å²) in [5.41, 5.74) is 4.96. The number of hydrogen-bond donors (Lipinski definition) is 1. The molecule has 3 aromatic rings. The van der Waals surface area contributed by atoms with E-state index < -0.39 is 0 Å². The first-order valence-corrected chi connectivity index (χ1v) is 9.63. The van der Waals surface area contributed by atoms with Crippen LogP contribution in [0.1, 0.15) is 42.2 Å². The number of ether oxygens (including phenoxy) is 1. The van der Waals surface area contributed by atoms with Crippen LogP contribution in [0.3, 0.4) is 0 Å². The van der Waals surface area contributed by atoms with Crippen molar-refractivity contribution in [3.05, 3.63) is 65.2 Å². The molecule has 2 heterocycles. The first-order valence-electron chi connectivity index (χ1n) is 9.63. The lowest BCUT2D eigenvalue weighted by Crippen LogP contribution is -2.20. The van der Waals surface area contributed by atoms with Crippen molar-refractivity contribution >= 4 is 22.4 Å². The summed E-state index contributed by atoms with van der Waals surface area (Å²) < 4.78 is 11.6. The fourth-order valence-corrected chi connectivity index (χ4v) is 3.78. The number of nitrogens with one attached hydrogen (secondary N) is 1. The molecule has 0 saturated heterocycles. The molecule has 0 unspecified atom stereocenters. The molecule has 0 atom stereocenters. The molecule has 1 N–H and O–H groups in total. The van der Waals surface area contributed by atoms with E-state index in [1.807, 2.05) is 25.1 Å². The van der Waals surface area contributed by atoms with Crippen molar-refractivity contribution in [3.8, 4) is 5.75 Å². The van der Waals surface area contributed by atoms with Crippen molar-refractivity contribution in [2.75, 3.05) is 7.11 Å². The summed E-state index contributed by atoms with van der Waals surface area (Å²) in [6.45, 7) is 2.40. The second-order valence-electron chi connectivity index (χ2n) is 7.16. The Bertz CT molecular complexity index is 1030. The van der Waals surface area contributed by atoms with Crippen molar-refractivity contribution in [3.63, 3.8) is 0 Å². The van der Waals surface area contributed by atoms with Gasteiger partial charge in [-0.1, -0.05) is 0 Å². The van der Waals surface area contributed by atoms with Crippen molar-refractivity contribution in [2.45, 2.75) is 39.2 Å². The van der Waals surface area contributed by atoms with Gasteiger partial charge in [-0.25, -0.2) is 0 Å². The summed E-state index contributed by atoms with van der Waals surface area (Å²) >= 11 is 0. The minimum Gasteiger partial charge on any atom is -0.496 e. The zero-order valence-electron chi connectivity index (χ0n) is 16.2. The summed E-state index contributed by atoms with van der Waals surface area (Å²) in [6.07, 6.45) is 9.46. The molecule has 0 spiro atoms. The summed E-state index contributed by atoms with van der Waals surface area (Å²) in [5, 5.41) is 4.05. The summed E-state index contributed by atoms with van der Waals surface area (Å²) in [6, 6.07) is 7.81. The van der Waals surface area contributed by atoms with Gasteiger partial charge in [-0.2, -0.15) is 0 Å². The highest BCUT2D eigenvalue weighted by Gasteiger charge is 2.20. The Hall–Kier alpha value is -3.08. The Morgan fingerprint density at radius 2 is 2.04 bits per heavy atom. The molecule has 0 aliphatic heterocycles. The number of fused-ring (bicyclic) bond motifs is 3. The minimum absolute atomic E-state index is 0.134. The van der Waals surface area contributed by atoms with Crippen LogP contribution >= 0.6 is 0 Å². The SMILES string of the molecule is COc1cc2oc3c(c2cc1/C(C)=C/C(=O)NCc1ccncc1)CCCC3. The summed E-state index contributed by atoms with van der Waals surface area (Å²) in [7, 11) is 1.64. The van der Waals surface area contributed by atoms with Gasteiger partial charge in [-0.15, -0.1) is 0 Å². The third-order valence-electron chi connectivity index (χ3n) is 5.27. The van der Waals surface area contributed by atoms with Gasteiger partial charge in [-0.05, 0) is 55.5 Å². The number of rotatable bonds is 5. The number of amides is 1. The smallest absolute Gasteiger partial charge is 0.244 e. The number of benzene rings is 1. The predicted molar refractivity (Wildman–Crippen MR) is 109 cm³/mol. The van der Waals surface area contributed by atoms with Gasteiger partial charge >= 0.3 is 0 Å². The van der Waals surface area contributed by atoms with E-state index in [0.29, 0.717) is 12.3 Å². The lowest BCUT2D eigenvalue weighted by atomic mass is 9.94. The third kappa shape index (κ3) is 3.65. The van der Waals surface area contributed by atoms with Crippen LogP contribution in [0.25, 0.3) is 16.5 Å². The number of aryl methyl sites for hydroxylation is 2. The Kier molecular flexibility index (Phi) is 5.15. The lowest BCUT2D eigenvalue weighted by Gasteiger charge is -2.11. The number of carbonyl (C=O) groups is 1. The van der Waals surface area contributed by atoms with Gasteiger partial charge in [0, 0.05) is 54.0 Å². The van der Waals surface area contributed by atoms with Crippen LogP contribution in [0.15, 0.2) is 47.2 Å². The topological polar surface area (TPSA) is 64.4 Å². The van der Waals surface area contributed by atoms with E-state index in [-0.39, 0.29) is 5.91 Å². The van der Waals surface area contributed by atoms with Crippen molar-refractivity contribution in [1.29, 1.82) is 0 Å². The molecule has 5 nitrogen and oxygen atoms in total. The molecule has 144 valence electrons. The van der Waals surface area contributed by atoms with E-state index in [1.54, 1.807) is 25.6 Å². The first kappa shape index (κ1) is 18.3. The van der Waals surface area contributed by atoms with E-state index in [2.05, 4.69) is 16.4 Å². The van der Waals surface area contributed by atoms with Gasteiger partial charge in [0.05, 0.1) is 7.11 Å². The third-order valence-corrected chi connectivity index (χ3v) is 5.27. The van der Waals surface area contributed by atoms with Gasteiger partial charge in [0.15, 0.2) is 0 Å². The highest BCUT2D eigenvalue weighted by Crippen LogP contribution is 2.37. The molecule has 1 aromatic carbocycles. The second kappa shape index (κ2) is 7.89. The standard InChI is InChI=1S/C23H24N2O3/c1-15(11-23(26)25-14-16-7-9-24-10-8-16)18-12-19-17-5-3-4-6-20(17)28-22(19)13-21(18)27-2/h7-13H,3-6,14H2,1-2H3,(H,25,26)/b15-11+. The number of aromatic nitrogens is 1. The fourth-order valence-electron chi connectivity index (χ4n) is 3.78. The van der Waals surface area contributed by atoms with Crippen LogP contribution in [-0.4, -0.2) is 18.0 Å². The average molecular weight is 376 g/mol. The predicted octanol–water partition coefficient (Wildman–Crippen LogP) is 4.43. The molecular formula is C23H24N2O3. The number of nitrogens with zero attached hydrogens (tertiary/aromatic N) is 1. The maximum Gasteiger partial charge on any atom is 0.244 e. The number of hydrogen-bond acceptors (Lipinski definition) is 4. The molecule has 1 aliphatic carbocycles. The van der Waals surface area contributed by atoms with Crippen molar-refractivity contribution in [2.24, 2.45) is 0 Å². The molecule has 5 heteroatoms. The monoisotopic (exact) mass is 376 g/mol. The highest BCUT2D eigenvalue weighted by molar-refractivity contribution is 5.97. The molecule has 1 amide bonds. The molecule has 0 fully saturated rings. The van der Waals surface area contributed by atoms with Gasteiger partial charge in [0.25, 0.3) is 0 Å². The van der Waals surface area contributed by atoms with Gasteiger partial charge in [0.2, 0.25) is 5.91 Å². The van der Waals surface area contributed by atoms with E-state index in [0.717, 1.165) is 46.3 Å². The largest absolute Gasteiger partial charge is 0.496 e. The lowest BCUT2D eigenvalue weighted by molar-refractivity contribution is -0.116. The van der Waals surface area contributed by atoms with Crippen LogP contribution in [0, 0.1) is 0 Å². The molecule has 4 rings (SSSR count). The van der Waals surface area contributed by atoms with Crippen LogP contribution in [0.5, 0.6) is 5.75 Å². The number of carbonyl (C=O) groups excluding carboxylic acids is 1. The van der Waals surface area contributed by atoms with Crippen molar-refractivity contribution in [1.82, 2.24) is 10.3 Å². The van der Waals surface area contributed by atoms with Crippen molar-refractivity contribution < 1.29 is 13.9 Å². The van der Waals surface area contributed by atoms with Gasteiger partial charge in [0.1, 0.15) is 17.1 Å². The number of allylic oxidation sites excluding steroid dienone is 1. The normalized spacial score (nSPS) is 14.0. The average Bonchev–Trinajstić information content (AvgIpc) is 3.09. The zero-order chi connectivity index (χ0) is 19.5. The first-order chi connectivity index (χ1) is 13.7. The molecule has 28 heavy (non-hydrogen) atoms. The van der Waals surface area contributed by atoms with Gasteiger partial charge < -0.3 is 14.5 Å². The van der Waals surface area contributed by atoms with E-state index in [9.17, 15) is 4.79 Å². The number of pyridine rings is 1. The Balaban J connectivity index is 1.61. The summed E-state index contributed by atoms with van der Waals surface area (Å²) in [4.78, 5) is 16.4. The quantitative estimate of drug-likeness (QED) is 0.669. The van der Waals surface area contributed by atoms with Crippen LogP contribution in [0.4, 0.5) is 0 Å². The van der Waals surface area contributed by atoms with E-state index >= 15 is 0 Å². The molecule has 0 saturated carbocycles. The zero-order valence-corrected chi connectivity index (χ0v) is 16.2. The second-order valence-corrected chi connectivity index (χ2v) is 7.16. The maximum atomic E-state index is 12.4. The van der Waals surface area contributed by atoms with Crippen LogP contribution < -0.4 is 10.1 Å². The highest BCUT2D eigenvalue weighted by atomic mass is 16.5. The van der Waals surface area contributed by atoms with E-state index in [4.69, 9.17) is 9.15 Å². The van der Waals surface area contributed by atoms with Crippen LogP contribution in [-0.2, 0) is 24.2 Å². The Morgan fingerprint density at radius 1 is 1.25 bits per heavy atom. The minimum atomic E-state index is -0.134. The molecule has 2 aromatic heterocycles. The Labute approximate surface area is 164 Å². The molecular weight excluding hydrogens is 352 g/mol. The fraction of sp³-hybridized carbons (Fsp3) is 0.304. The number of furan rings is 1. The maximum absolute atomic E-state index is 12.4.